The number of ether oxygens (including phenoxy) is 3. The molecule has 0 bridgehead atoms. The summed E-state index contributed by atoms with van der Waals surface area (Å²) in [7, 11) is 0. The fourth-order valence-corrected chi connectivity index (χ4v) is 4.53. The summed E-state index contributed by atoms with van der Waals surface area (Å²) >= 11 is 0. The third kappa shape index (κ3) is 11.5. The Morgan fingerprint density at radius 2 is 1.22 bits per heavy atom. The number of rotatable bonds is 13. The van der Waals surface area contributed by atoms with Crippen molar-refractivity contribution >= 4 is 18.0 Å². The molecule has 0 radical (unpaired) electrons. The van der Waals surface area contributed by atoms with Crippen LogP contribution in [0.2, 0.25) is 0 Å². The summed E-state index contributed by atoms with van der Waals surface area (Å²) < 4.78 is 17.0. The molecule has 45 heavy (non-hydrogen) atoms. The number of hydrogen-bond acceptors (Lipinski definition) is 6. The molecule has 8 heteroatoms. The lowest BCUT2D eigenvalue weighted by Gasteiger charge is -2.24. The Labute approximate surface area is 264 Å². The van der Waals surface area contributed by atoms with Gasteiger partial charge in [0, 0.05) is 12.0 Å². The molecule has 0 fully saturated rings. The first-order valence-electron chi connectivity index (χ1n) is 15.0. The van der Waals surface area contributed by atoms with E-state index in [0.29, 0.717) is 24.3 Å². The standard InChI is InChI=1S/C37H40N2O6/c1-37(2,3)45-36(42)39-33(24-28-19-21-32(22-20-28)43-25-29-15-9-5-10-16-29)35(41)44-26-31(23-27-13-7-4-8-14-27)38-34(40)30-17-11-6-12-18-30/h4-22,31,33H,23-26H2,1-3H3,(H,38,40)(H,39,42)/t31-,33+/m1/s1. The average molecular weight is 609 g/mol. The second-order valence-corrected chi connectivity index (χ2v) is 11.7. The van der Waals surface area contributed by atoms with Gasteiger partial charge in [0.05, 0.1) is 6.04 Å². The second-order valence-electron chi connectivity index (χ2n) is 11.7. The number of nitrogens with one attached hydrogen (secondary N) is 2. The van der Waals surface area contributed by atoms with Gasteiger partial charge in [-0.15, -0.1) is 0 Å². The van der Waals surface area contributed by atoms with Gasteiger partial charge in [-0.1, -0.05) is 91.0 Å². The molecule has 4 aromatic carbocycles. The molecule has 234 valence electrons. The monoisotopic (exact) mass is 608 g/mol. The molecule has 0 aliphatic rings. The Morgan fingerprint density at radius 3 is 1.82 bits per heavy atom. The van der Waals surface area contributed by atoms with E-state index in [9.17, 15) is 14.4 Å². The van der Waals surface area contributed by atoms with Crippen LogP contribution in [0.15, 0.2) is 115 Å². The fourth-order valence-electron chi connectivity index (χ4n) is 4.53. The highest BCUT2D eigenvalue weighted by Crippen LogP contribution is 2.17. The number of esters is 1. The topological polar surface area (TPSA) is 103 Å². The van der Waals surface area contributed by atoms with E-state index in [2.05, 4.69) is 10.6 Å². The van der Waals surface area contributed by atoms with Gasteiger partial charge in [0.2, 0.25) is 0 Å². The molecule has 2 N–H and O–H groups in total. The van der Waals surface area contributed by atoms with E-state index in [1.54, 1.807) is 45.0 Å². The number of amides is 2. The van der Waals surface area contributed by atoms with Gasteiger partial charge in [0.25, 0.3) is 5.91 Å². The lowest BCUT2D eigenvalue weighted by Crippen LogP contribution is -2.47. The van der Waals surface area contributed by atoms with Crippen LogP contribution in [0.3, 0.4) is 0 Å². The summed E-state index contributed by atoms with van der Waals surface area (Å²) in [5.41, 5.74) is 2.57. The third-order valence-corrected chi connectivity index (χ3v) is 6.71. The maximum atomic E-state index is 13.5. The van der Waals surface area contributed by atoms with Gasteiger partial charge in [-0.2, -0.15) is 0 Å². The van der Waals surface area contributed by atoms with Crippen LogP contribution in [0, 0.1) is 0 Å². The molecular formula is C37H40N2O6. The first kappa shape index (κ1) is 32.8. The summed E-state index contributed by atoms with van der Waals surface area (Å²) in [6, 6.07) is 34.1. The number of alkyl carbamates (subject to hydrolysis) is 1. The van der Waals surface area contributed by atoms with Crippen molar-refractivity contribution in [1.29, 1.82) is 0 Å². The predicted octanol–water partition coefficient (Wildman–Crippen LogP) is 6.29. The molecule has 0 saturated heterocycles. The first-order valence-corrected chi connectivity index (χ1v) is 15.0. The third-order valence-electron chi connectivity index (χ3n) is 6.71. The molecular weight excluding hydrogens is 568 g/mol. The van der Waals surface area contributed by atoms with Crippen molar-refractivity contribution in [2.45, 2.75) is 57.9 Å². The largest absolute Gasteiger partial charge is 0.489 e. The van der Waals surface area contributed by atoms with E-state index in [1.165, 1.54) is 0 Å². The molecule has 0 unspecified atom stereocenters. The molecule has 2 amide bonds. The van der Waals surface area contributed by atoms with Crippen LogP contribution in [0.25, 0.3) is 0 Å². The maximum absolute atomic E-state index is 13.5. The normalized spacial score (nSPS) is 12.3. The van der Waals surface area contributed by atoms with Crippen LogP contribution in [0.1, 0.15) is 47.8 Å². The van der Waals surface area contributed by atoms with Crippen molar-refractivity contribution < 1.29 is 28.6 Å². The van der Waals surface area contributed by atoms with Gasteiger partial charge in [-0.25, -0.2) is 9.59 Å². The van der Waals surface area contributed by atoms with Crippen LogP contribution in [0.5, 0.6) is 5.75 Å². The fraction of sp³-hybridized carbons (Fsp3) is 0.270. The molecule has 0 saturated carbocycles. The van der Waals surface area contributed by atoms with E-state index >= 15 is 0 Å². The Kier molecular flexibility index (Phi) is 11.7. The SMILES string of the molecule is CC(C)(C)OC(=O)N[C@@H](Cc1ccc(OCc2ccccc2)cc1)C(=O)OC[C@@H](Cc1ccccc1)NC(=O)c1ccccc1. The second kappa shape index (κ2) is 16.1. The molecule has 0 spiro atoms. The van der Waals surface area contributed by atoms with E-state index < -0.39 is 29.7 Å². The highest BCUT2D eigenvalue weighted by Gasteiger charge is 2.27. The number of benzene rings is 4. The molecule has 4 aromatic rings. The lowest BCUT2D eigenvalue weighted by molar-refractivity contribution is -0.146. The van der Waals surface area contributed by atoms with Crippen molar-refractivity contribution in [3.63, 3.8) is 0 Å². The molecule has 0 heterocycles. The van der Waals surface area contributed by atoms with Gasteiger partial charge >= 0.3 is 12.1 Å². The van der Waals surface area contributed by atoms with Crippen molar-refractivity contribution in [3.05, 3.63) is 138 Å². The van der Waals surface area contributed by atoms with Gasteiger partial charge in [-0.05, 0) is 68.1 Å². The summed E-state index contributed by atoms with van der Waals surface area (Å²) in [6.45, 7) is 5.58. The van der Waals surface area contributed by atoms with Gasteiger partial charge in [0.15, 0.2) is 0 Å². The minimum atomic E-state index is -1.03. The van der Waals surface area contributed by atoms with Crippen LogP contribution in [-0.4, -0.2) is 42.3 Å². The molecule has 0 aliphatic carbocycles. The van der Waals surface area contributed by atoms with Gasteiger partial charge in [0.1, 0.15) is 30.6 Å². The molecule has 0 aromatic heterocycles. The first-order chi connectivity index (χ1) is 21.6. The molecule has 0 aliphatic heterocycles. The minimum Gasteiger partial charge on any atom is -0.489 e. The van der Waals surface area contributed by atoms with Crippen molar-refractivity contribution in [1.82, 2.24) is 10.6 Å². The van der Waals surface area contributed by atoms with Crippen LogP contribution < -0.4 is 15.4 Å². The van der Waals surface area contributed by atoms with Crippen molar-refractivity contribution in [2.24, 2.45) is 0 Å². The highest BCUT2D eigenvalue weighted by atomic mass is 16.6. The van der Waals surface area contributed by atoms with Gasteiger partial charge < -0.3 is 24.8 Å². The average Bonchev–Trinajstić information content (AvgIpc) is 3.03. The molecule has 8 nitrogen and oxygen atoms in total. The number of carbonyl (C=O) groups excluding carboxylic acids is 3. The zero-order chi connectivity index (χ0) is 32.1. The predicted molar refractivity (Wildman–Crippen MR) is 173 cm³/mol. The van der Waals surface area contributed by atoms with Crippen LogP contribution in [0.4, 0.5) is 4.79 Å². The molecule has 2 atom stereocenters. The Balaban J connectivity index is 1.44. The molecule has 4 rings (SSSR count). The summed E-state index contributed by atoms with van der Waals surface area (Å²) in [6.07, 6.45) is -0.122. The maximum Gasteiger partial charge on any atom is 0.408 e. The zero-order valence-corrected chi connectivity index (χ0v) is 25.9. The Hall–Kier alpha value is -5.11. The van der Waals surface area contributed by atoms with E-state index in [-0.39, 0.29) is 18.9 Å². The van der Waals surface area contributed by atoms with Crippen molar-refractivity contribution in [2.75, 3.05) is 6.61 Å². The number of carbonyl (C=O) groups is 3. The Morgan fingerprint density at radius 1 is 0.667 bits per heavy atom. The van der Waals surface area contributed by atoms with E-state index in [4.69, 9.17) is 14.2 Å². The van der Waals surface area contributed by atoms with Crippen molar-refractivity contribution in [3.8, 4) is 5.75 Å². The summed E-state index contributed by atoms with van der Waals surface area (Å²) in [5, 5.41) is 5.65. The number of hydrogen-bond donors (Lipinski definition) is 2. The van der Waals surface area contributed by atoms with E-state index in [1.807, 2.05) is 91.0 Å². The minimum absolute atomic E-state index is 0.0922. The highest BCUT2D eigenvalue weighted by molar-refractivity contribution is 5.94. The quantitative estimate of drug-likeness (QED) is 0.173. The summed E-state index contributed by atoms with van der Waals surface area (Å²) in [4.78, 5) is 39.1. The van der Waals surface area contributed by atoms with Crippen LogP contribution >= 0.6 is 0 Å². The smallest absolute Gasteiger partial charge is 0.408 e. The lowest BCUT2D eigenvalue weighted by atomic mass is 10.0. The Bertz CT molecular complexity index is 1500. The zero-order valence-electron chi connectivity index (χ0n) is 25.9. The van der Waals surface area contributed by atoms with Gasteiger partial charge in [-0.3, -0.25) is 4.79 Å². The van der Waals surface area contributed by atoms with Crippen LogP contribution in [-0.2, 0) is 33.7 Å². The summed E-state index contributed by atoms with van der Waals surface area (Å²) in [5.74, 6) is -0.234. The van der Waals surface area contributed by atoms with E-state index in [0.717, 1.165) is 16.7 Å².